The summed E-state index contributed by atoms with van der Waals surface area (Å²) in [5.74, 6) is -1.34. The summed E-state index contributed by atoms with van der Waals surface area (Å²) in [4.78, 5) is 21.9. The van der Waals surface area contributed by atoms with Gasteiger partial charge in [-0.05, 0) is 13.0 Å². The van der Waals surface area contributed by atoms with E-state index in [4.69, 9.17) is 11.5 Å². The zero-order valence-corrected chi connectivity index (χ0v) is 7.57. The molecule has 1 aromatic rings. The zero-order chi connectivity index (χ0) is 10.9. The maximum absolute atomic E-state index is 11.0. The van der Waals surface area contributed by atoms with Crippen LogP contribution in [-0.4, -0.2) is 16.8 Å². The van der Waals surface area contributed by atoms with Gasteiger partial charge in [0.1, 0.15) is 5.75 Å². The number of carbonyl (C=O) groups is 2. The molecule has 0 atom stereocenters. The van der Waals surface area contributed by atoms with Gasteiger partial charge in [-0.3, -0.25) is 9.59 Å². The fraction of sp³-hybridized carbons (Fsp3) is 0.111. The fourth-order valence-corrected chi connectivity index (χ4v) is 1.10. The average Bonchev–Trinajstić information content (AvgIpc) is 2.02. The molecule has 74 valence electrons. The van der Waals surface area contributed by atoms with Crippen molar-refractivity contribution in [1.82, 2.24) is 0 Å². The Labute approximate surface area is 80.3 Å². The second kappa shape index (κ2) is 3.37. The first-order valence-corrected chi connectivity index (χ1v) is 3.86. The van der Waals surface area contributed by atoms with Crippen LogP contribution in [0.25, 0.3) is 0 Å². The Morgan fingerprint density at radius 3 is 2.29 bits per heavy atom. The van der Waals surface area contributed by atoms with Gasteiger partial charge in [0.05, 0.1) is 11.1 Å². The zero-order valence-electron chi connectivity index (χ0n) is 7.57. The third-order valence-electron chi connectivity index (χ3n) is 1.81. The molecular weight excluding hydrogens is 184 g/mol. The van der Waals surface area contributed by atoms with E-state index in [1.807, 2.05) is 0 Å². The molecule has 0 bridgehead atoms. The number of anilines is 1. The number of nitrogen functional groups attached to an aromatic ring is 1. The summed E-state index contributed by atoms with van der Waals surface area (Å²) in [5, 5.41) is 9.32. The predicted octanol–water partition coefficient (Wildman–Crippen LogP) is 0.276. The van der Waals surface area contributed by atoms with Crippen molar-refractivity contribution >= 4 is 17.4 Å². The third-order valence-corrected chi connectivity index (χ3v) is 1.81. The Balaban J connectivity index is 3.42. The van der Waals surface area contributed by atoms with Gasteiger partial charge in [0.15, 0.2) is 5.78 Å². The highest BCUT2D eigenvalue weighted by Crippen LogP contribution is 2.24. The van der Waals surface area contributed by atoms with Crippen LogP contribution in [0.5, 0.6) is 5.75 Å². The predicted molar refractivity (Wildman–Crippen MR) is 51.0 cm³/mol. The number of primary amides is 1. The van der Waals surface area contributed by atoms with Crippen LogP contribution < -0.4 is 11.5 Å². The molecule has 0 heterocycles. The summed E-state index contributed by atoms with van der Waals surface area (Å²) >= 11 is 0. The molecule has 5 heteroatoms. The van der Waals surface area contributed by atoms with E-state index in [1.165, 1.54) is 13.0 Å². The van der Waals surface area contributed by atoms with Gasteiger partial charge in [0.25, 0.3) is 5.91 Å². The number of hydrogen-bond acceptors (Lipinski definition) is 4. The van der Waals surface area contributed by atoms with Crippen LogP contribution in [0.15, 0.2) is 12.1 Å². The van der Waals surface area contributed by atoms with E-state index in [9.17, 15) is 14.7 Å². The van der Waals surface area contributed by atoms with Crippen LogP contribution in [-0.2, 0) is 0 Å². The lowest BCUT2D eigenvalue weighted by atomic mass is 10.0. The minimum Gasteiger partial charge on any atom is -0.507 e. The highest BCUT2D eigenvalue weighted by atomic mass is 16.3. The van der Waals surface area contributed by atoms with Gasteiger partial charge in [-0.25, -0.2) is 0 Å². The number of phenolic OH excluding ortho intramolecular Hbond substituents is 1. The molecule has 0 aliphatic carbocycles. The molecule has 0 aromatic heterocycles. The normalized spacial score (nSPS) is 9.79. The molecule has 0 spiro atoms. The molecule has 0 saturated heterocycles. The summed E-state index contributed by atoms with van der Waals surface area (Å²) in [6.07, 6.45) is 0. The maximum Gasteiger partial charge on any atom is 0.250 e. The molecule has 14 heavy (non-hydrogen) atoms. The molecule has 0 aliphatic rings. The third kappa shape index (κ3) is 1.66. The molecule has 0 unspecified atom stereocenters. The minimum atomic E-state index is -0.731. The minimum absolute atomic E-state index is 0.0352. The van der Waals surface area contributed by atoms with E-state index in [0.717, 1.165) is 6.07 Å². The number of phenols is 1. The van der Waals surface area contributed by atoms with Crippen molar-refractivity contribution in [2.45, 2.75) is 6.92 Å². The van der Waals surface area contributed by atoms with Crippen molar-refractivity contribution in [2.24, 2.45) is 5.73 Å². The van der Waals surface area contributed by atoms with Gasteiger partial charge in [0, 0.05) is 11.8 Å². The van der Waals surface area contributed by atoms with E-state index in [2.05, 4.69) is 0 Å². The second-order valence-corrected chi connectivity index (χ2v) is 2.88. The summed E-state index contributed by atoms with van der Waals surface area (Å²) in [6, 6.07) is 2.33. The van der Waals surface area contributed by atoms with Crippen LogP contribution in [0, 0.1) is 0 Å². The Morgan fingerprint density at radius 2 is 1.86 bits per heavy atom. The van der Waals surface area contributed by atoms with Gasteiger partial charge in [0.2, 0.25) is 0 Å². The van der Waals surface area contributed by atoms with E-state index in [0.29, 0.717) is 0 Å². The Hall–Kier alpha value is -2.04. The monoisotopic (exact) mass is 194 g/mol. The number of rotatable bonds is 2. The van der Waals surface area contributed by atoms with Crippen molar-refractivity contribution in [1.29, 1.82) is 0 Å². The lowest BCUT2D eigenvalue weighted by Gasteiger charge is -2.05. The number of carbonyl (C=O) groups excluding carboxylic acids is 2. The lowest BCUT2D eigenvalue weighted by molar-refractivity contribution is 0.100. The molecule has 0 saturated carbocycles. The van der Waals surface area contributed by atoms with Gasteiger partial charge in [-0.15, -0.1) is 0 Å². The van der Waals surface area contributed by atoms with Crippen molar-refractivity contribution in [2.75, 3.05) is 5.73 Å². The smallest absolute Gasteiger partial charge is 0.250 e. The number of hydrogen-bond donors (Lipinski definition) is 3. The van der Waals surface area contributed by atoms with Crippen LogP contribution in [0.4, 0.5) is 5.69 Å². The Kier molecular flexibility index (Phi) is 2.42. The number of ketones is 1. The van der Waals surface area contributed by atoms with E-state index >= 15 is 0 Å². The topological polar surface area (TPSA) is 106 Å². The average molecular weight is 194 g/mol. The number of amides is 1. The summed E-state index contributed by atoms with van der Waals surface area (Å²) in [6.45, 7) is 1.27. The molecule has 5 N–H and O–H groups in total. The van der Waals surface area contributed by atoms with Crippen molar-refractivity contribution < 1.29 is 14.7 Å². The van der Waals surface area contributed by atoms with E-state index in [-0.39, 0.29) is 28.3 Å². The van der Waals surface area contributed by atoms with Crippen molar-refractivity contribution in [3.05, 3.63) is 23.3 Å². The van der Waals surface area contributed by atoms with Crippen molar-refractivity contribution in [3.63, 3.8) is 0 Å². The number of Topliss-reactive ketones (excluding diaryl/α,β-unsaturated/α-hetero) is 1. The SMILES string of the molecule is CC(=O)c1cc(C(N)=O)c(N)cc1O. The standard InChI is InChI=1S/C9H10N2O3/c1-4(12)5-2-6(9(11)14)7(10)3-8(5)13/h2-3,13H,10H2,1H3,(H2,11,14). The number of aromatic hydroxyl groups is 1. The molecule has 1 rings (SSSR count). The largest absolute Gasteiger partial charge is 0.507 e. The Morgan fingerprint density at radius 1 is 1.29 bits per heavy atom. The van der Waals surface area contributed by atoms with Crippen LogP contribution in [0.2, 0.25) is 0 Å². The quantitative estimate of drug-likeness (QED) is 0.464. The molecule has 1 amide bonds. The molecule has 5 nitrogen and oxygen atoms in total. The molecule has 1 aromatic carbocycles. The first-order valence-electron chi connectivity index (χ1n) is 3.86. The highest BCUT2D eigenvalue weighted by Gasteiger charge is 2.13. The van der Waals surface area contributed by atoms with Crippen LogP contribution in [0.1, 0.15) is 27.6 Å². The van der Waals surface area contributed by atoms with Gasteiger partial charge in [-0.1, -0.05) is 0 Å². The summed E-state index contributed by atoms with van der Waals surface area (Å²) in [7, 11) is 0. The number of benzene rings is 1. The van der Waals surface area contributed by atoms with Crippen LogP contribution >= 0.6 is 0 Å². The molecular formula is C9H10N2O3. The Bertz CT molecular complexity index is 378. The second-order valence-electron chi connectivity index (χ2n) is 2.88. The molecule has 0 radical (unpaired) electrons. The van der Waals surface area contributed by atoms with E-state index < -0.39 is 5.91 Å². The summed E-state index contributed by atoms with van der Waals surface area (Å²) < 4.78 is 0. The highest BCUT2D eigenvalue weighted by molar-refractivity contribution is 6.04. The lowest BCUT2D eigenvalue weighted by Crippen LogP contribution is -2.14. The fourth-order valence-electron chi connectivity index (χ4n) is 1.10. The van der Waals surface area contributed by atoms with Gasteiger partial charge in [-0.2, -0.15) is 0 Å². The summed E-state index contributed by atoms with van der Waals surface area (Å²) in [5.41, 5.74) is 10.6. The van der Waals surface area contributed by atoms with Gasteiger partial charge >= 0.3 is 0 Å². The van der Waals surface area contributed by atoms with E-state index in [1.54, 1.807) is 0 Å². The molecule has 0 aliphatic heterocycles. The maximum atomic E-state index is 11.0. The van der Waals surface area contributed by atoms with Crippen molar-refractivity contribution in [3.8, 4) is 5.75 Å². The van der Waals surface area contributed by atoms with Crippen LogP contribution in [0.3, 0.4) is 0 Å². The van der Waals surface area contributed by atoms with Gasteiger partial charge < -0.3 is 16.6 Å². The number of nitrogens with two attached hydrogens (primary N) is 2. The first kappa shape index (κ1) is 10.0. The molecule has 0 fully saturated rings. The first-order chi connectivity index (χ1) is 6.43.